The fraction of sp³-hybridized carbons (Fsp3) is 0.318. The number of hydrogen-bond acceptors (Lipinski definition) is 6. The minimum Gasteiger partial charge on any atom is -0.483 e. The molecular formula is C22H24N4O4S. The first kappa shape index (κ1) is 22.4. The lowest BCUT2D eigenvalue weighted by Gasteiger charge is -2.17. The zero-order valence-electron chi connectivity index (χ0n) is 17.8. The van der Waals surface area contributed by atoms with Crippen LogP contribution in [-0.4, -0.2) is 30.1 Å². The summed E-state index contributed by atoms with van der Waals surface area (Å²) in [6.45, 7) is 8.03. The van der Waals surface area contributed by atoms with E-state index in [2.05, 4.69) is 35.3 Å². The van der Waals surface area contributed by atoms with Crippen molar-refractivity contribution in [3.8, 4) is 0 Å². The molecule has 0 aliphatic rings. The molecule has 1 aromatic carbocycles. The fourth-order valence-electron chi connectivity index (χ4n) is 3.72. The number of aromatic nitrogens is 4. The Morgan fingerprint density at radius 1 is 1.26 bits per heavy atom. The Hall–Kier alpha value is -3.33. The van der Waals surface area contributed by atoms with E-state index in [9.17, 15) is 9.59 Å². The molecule has 0 bridgehead atoms. The highest BCUT2D eigenvalue weighted by molar-refractivity contribution is 7.13. The first-order valence-corrected chi connectivity index (χ1v) is 10.6. The van der Waals surface area contributed by atoms with Crippen LogP contribution in [0.5, 0.6) is 0 Å². The van der Waals surface area contributed by atoms with Gasteiger partial charge in [0.15, 0.2) is 5.52 Å². The molecule has 4 rings (SSSR count). The topological polar surface area (TPSA) is 107 Å². The van der Waals surface area contributed by atoms with Gasteiger partial charge in [-0.05, 0) is 68.1 Å². The molecule has 0 aliphatic heterocycles. The average molecular weight is 441 g/mol. The van der Waals surface area contributed by atoms with Gasteiger partial charge in [-0.25, -0.2) is 9.78 Å². The summed E-state index contributed by atoms with van der Waals surface area (Å²) in [5.41, 5.74) is 3.39. The van der Waals surface area contributed by atoms with Crippen molar-refractivity contribution in [2.24, 2.45) is 0 Å². The first-order valence-electron chi connectivity index (χ1n) is 9.87. The van der Waals surface area contributed by atoms with Gasteiger partial charge < -0.3 is 5.11 Å². The Kier molecular flexibility index (Phi) is 6.65. The smallest absolute Gasteiger partial charge is 0.332 e. The van der Waals surface area contributed by atoms with Crippen molar-refractivity contribution >= 4 is 39.1 Å². The Bertz CT molecular complexity index is 1370. The molecule has 9 heteroatoms. The second-order valence-electron chi connectivity index (χ2n) is 7.36. The summed E-state index contributed by atoms with van der Waals surface area (Å²) in [5, 5.41) is 7.97. The van der Waals surface area contributed by atoms with Crippen molar-refractivity contribution in [2.75, 3.05) is 0 Å². The Morgan fingerprint density at radius 3 is 2.65 bits per heavy atom. The Balaban J connectivity index is 0.000000858. The third-order valence-electron chi connectivity index (χ3n) is 5.26. The van der Waals surface area contributed by atoms with Crippen LogP contribution < -0.4 is 11.2 Å². The molecule has 3 aromatic heterocycles. The molecule has 0 amide bonds. The number of aryl methyl sites for hydroxylation is 2. The maximum absolute atomic E-state index is 13.3. The standard InChI is InChI=1S/C21H22N4O2S.CH2O2/c1-5-14(4)25-20(26)19-16(7-6-8-22-19)24(21(25)27)11-15-18-13(3)9-12(2)10-17(18)28-23-15;2-1-3/h6-10,14H,5,11H2,1-4H3;1H,(H,2,3). The summed E-state index contributed by atoms with van der Waals surface area (Å²) >= 11 is 1.44. The number of benzene rings is 1. The summed E-state index contributed by atoms with van der Waals surface area (Å²) in [6, 6.07) is 7.57. The Labute approximate surface area is 182 Å². The van der Waals surface area contributed by atoms with Crippen LogP contribution in [0.1, 0.15) is 43.1 Å². The van der Waals surface area contributed by atoms with Gasteiger partial charge in [0.25, 0.3) is 12.0 Å². The molecule has 8 nitrogen and oxygen atoms in total. The highest BCUT2D eigenvalue weighted by Gasteiger charge is 2.19. The minimum atomic E-state index is -0.332. The predicted octanol–water partition coefficient (Wildman–Crippen LogP) is 3.50. The van der Waals surface area contributed by atoms with E-state index in [4.69, 9.17) is 9.90 Å². The third-order valence-corrected chi connectivity index (χ3v) is 6.09. The highest BCUT2D eigenvalue weighted by atomic mass is 32.1. The van der Waals surface area contributed by atoms with E-state index in [-0.39, 0.29) is 23.8 Å². The minimum absolute atomic E-state index is 0.200. The summed E-state index contributed by atoms with van der Waals surface area (Å²) in [7, 11) is 0. The zero-order valence-corrected chi connectivity index (χ0v) is 18.6. The van der Waals surface area contributed by atoms with Gasteiger partial charge in [0.1, 0.15) is 0 Å². The van der Waals surface area contributed by atoms with Crippen LogP contribution in [0.15, 0.2) is 40.1 Å². The number of carboxylic acid groups (broad SMARTS) is 1. The summed E-state index contributed by atoms with van der Waals surface area (Å²) < 4.78 is 8.69. The van der Waals surface area contributed by atoms with E-state index in [0.29, 0.717) is 24.0 Å². The van der Waals surface area contributed by atoms with Gasteiger partial charge in [-0.2, -0.15) is 4.37 Å². The van der Waals surface area contributed by atoms with Gasteiger partial charge in [-0.3, -0.25) is 18.7 Å². The summed E-state index contributed by atoms with van der Waals surface area (Å²) in [6.07, 6.45) is 2.27. The molecule has 162 valence electrons. The number of carbonyl (C=O) groups is 1. The average Bonchev–Trinajstić information content (AvgIpc) is 3.14. The second kappa shape index (κ2) is 9.22. The molecule has 1 atom stereocenters. The van der Waals surface area contributed by atoms with Gasteiger partial charge in [0, 0.05) is 17.6 Å². The van der Waals surface area contributed by atoms with E-state index >= 15 is 0 Å². The second-order valence-corrected chi connectivity index (χ2v) is 8.17. The fourth-order valence-corrected chi connectivity index (χ4v) is 4.68. The molecule has 1 N–H and O–H groups in total. The first-order chi connectivity index (χ1) is 14.8. The van der Waals surface area contributed by atoms with Gasteiger partial charge >= 0.3 is 5.69 Å². The van der Waals surface area contributed by atoms with Gasteiger partial charge in [-0.1, -0.05) is 13.0 Å². The van der Waals surface area contributed by atoms with Crippen molar-refractivity contribution in [2.45, 2.75) is 46.7 Å². The molecule has 0 saturated carbocycles. The number of hydrogen-bond donors (Lipinski definition) is 1. The molecule has 0 fully saturated rings. The molecule has 0 radical (unpaired) electrons. The van der Waals surface area contributed by atoms with Crippen LogP contribution >= 0.6 is 11.5 Å². The van der Waals surface area contributed by atoms with Crippen LogP contribution in [-0.2, 0) is 11.3 Å². The van der Waals surface area contributed by atoms with Crippen molar-refractivity contribution in [3.63, 3.8) is 0 Å². The van der Waals surface area contributed by atoms with Crippen LogP contribution in [0.4, 0.5) is 0 Å². The predicted molar refractivity (Wildman–Crippen MR) is 122 cm³/mol. The maximum atomic E-state index is 13.3. The molecule has 4 aromatic rings. The Morgan fingerprint density at radius 2 is 1.97 bits per heavy atom. The molecule has 3 heterocycles. The molecule has 0 aliphatic carbocycles. The molecule has 31 heavy (non-hydrogen) atoms. The normalized spacial score (nSPS) is 11.9. The number of pyridine rings is 1. The number of nitrogens with zero attached hydrogens (tertiary/aromatic N) is 4. The van der Waals surface area contributed by atoms with Crippen LogP contribution in [0.25, 0.3) is 21.1 Å². The van der Waals surface area contributed by atoms with Crippen molar-refractivity contribution in [3.05, 3.63) is 68.1 Å². The van der Waals surface area contributed by atoms with Crippen molar-refractivity contribution < 1.29 is 9.90 Å². The number of fused-ring (bicyclic) bond motifs is 2. The van der Waals surface area contributed by atoms with Crippen LogP contribution in [0.2, 0.25) is 0 Å². The van der Waals surface area contributed by atoms with Gasteiger partial charge in [-0.15, -0.1) is 0 Å². The summed E-state index contributed by atoms with van der Waals surface area (Å²) in [4.78, 5) is 38.8. The van der Waals surface area contributed by atoms with Crippen LogP contribution in [0, 0.1) is 13.8 Å². The van der Waals surface area contributed by atoms with Crippen LogP contribution in [0.3, 0.4) is 0 Å². The zero-order chi connectivity index (χ0) is 22.7. The quantitative estimate of drug-likeness (QED) is 0.487. The molecule has 1 unspecified atom stereocenters. The number of rotatable bonds is 4. The highest BCUT2D eigenvalue weighted by Crippen LogP contribution is 2.28. The SMILES string of the molecule is CCC(C)n1c(=O)c2ncccc2n(Cc2nsc3cc(C)cc(C)c23)c1=O.O=CO. The molecule has 0 spiro atoms. The van der Waals surface area contributed by atoms with Crippen molar-refractivity contribution in [1.29, 1.82) is 0 Å². The van der Waals surface area contributed by atoms with Gasteiger partial charge in [0.2, 0.25) is 0 Å². The molecule has 0 saturated heterocycles. The van der Waals surface area contributed by atoms with E-state index in [1.807, 2.05) is 13.8 Å². The van der Waals surface area contributed by atoms with E-state index < -0.39 is 0 Å². The summed E-state index contributed by atoms with van der Waals surface area (Å²) in [5.74, 6) is 0. The van der Waals surface area contributed by atoms with E-state index in [1.165, 1.54) is 21.7 Å². The maximum Gasteiger partial charge on any atom is 0.332 e. The van der Waals surface area contributed by atoms with Gasteiger partial charge in [0.05, 0.1) is 22.5 Å². The monoisotopic (exact) mass is 440 g/mol. The molecular weight excluding hydrogens is 416 g/mol. The lowest BCUT2D eigenvalue weighted by atomic mass is 10.1. The lowest BCUT2D eigenvalue weighted by molar-refractivity contribution is -0.122. The third kappa shape index (κ3) is 4.13. The van der Waals surface area contributed by atoms with E-state index in [0.717, 1.165) is 21.3 Å². The largest absolute Gasteiger partial charge is 0.483 e. The van der Waals surface area contributed by atoms with E-state index in [1.54, 1.807) is 22.9 Å². The lowest BCUT2D eigenvalue weighted by Crippen LogP contribution is -2.42. The van der Waals surface area contributed by atoms with Crippen molar-refractivity contribution in [1.82, 2.24) is 18.5 Å².